The lowest BCUT2D eigenvalue weighted by Crippen LogP contribution is -2.41. The highest BCUT2D eigenvalue weighted by molar-refractivity contribution is 7.11. The molecule has 0 aromatic carbocycles. The molecule has 7 nitrogen and oxygen atoms in total. The lowest BCUT2D eigenvalue weighted by molar-refractivity contribution is 0.0954. The Morgan fingerprint density at radius 3 is 2.72 bits per heavy atom. The van der Waals surface area contributed by atoms with Crippen molar-refractivity contribution in [2.24, 2.45) is 4.99 Å². The molecule has 2 rings (SSSR count). The second kappa shape index (κ2) is 10.4. The highest BCUT2D eigenvalue weighted by Gasteiger charge is 2.04. The molecule has 2 aromatic heterocycles. The summed E-state index contributed by atoms with van der Waals surface area (Å²) < 4.78 is 0. The molecule has 25 heavy (non-hydrogen) atoms. The molecule has 0 saturated carbocycles. The Morgan fingerprint density at radius 1 is 1.20 bits per heavy atom. The first-order valence-corrected chi connectivity index (χ1v) is 9.18. The minimum atomic E-state index is -0.133. The van der Waals surface area contributed by atoms with Crippen LogP contribution in [0.3, 0.4) is 0 Å². The van der Waals surface area contributed by atoms with Crippen LogP contribution in [0, 0.1) is 0 Å². The van der Waals surface area contributed by atoms with Gasteiger partial charge in [0.1, 0.15) is 5.01 Å². The standard InChI is InChI=1S/C17H24N6OS/c1-3-14-11-22-15(25-14)12-23-17(19-4-2)21-9-8-20-16(24)13-6-5-7-18-10-13/h5-7,10-11H,3-4,8-9,12H2,1-2H3,(H,20,24)(H2,19,21,23). The molecule has 0 unspecified atom stereocenters. The van der Waals surface area contributed by atoms with Crippen molar-refractivity contribution >= 4 is 23.2 Å². The minimum absolute atomic E-state index is 0.133. The van der Waals surface area contributed by atoms with E-state index in [4.69, 9.17) is 0 Å². The summed E-state index contributed by atoms with van der Waals surface area (Å²) in [5.41, 5.74) is 0.554. The van der Waals surface area contributed by atoms with Crippen LogP contribution in [-0.2, 0) is 13.0 Å². The molecule has 0 saturated heterocycles. The van der Waals surface area contributed by atoms with Crippen LogP contribution < -0.4 is 16.0 Å². The molecule has 2 aromatic rings. The Kier molecular flexibility index (Phi) is 7.84. The van der Waals surface area contributed by atoms with Crippen LogP contribution in [0.2, 0.25) is 0 Å². The van der Waals surface area contributed by atoms with Gasteiger partial charge in [0.25, 0.3) is 5.91 Å². The van der Waals surface area contributed by atoms with E-state index in [0.29, 0.717) is 31.2 Å². The van der Waals surface area contributed by atoms with E-state index in [2.05, 4.69) is 37.8 Å². The second-order valence-corrected chi connectivity index (χ2v) is 6.39. The van der Waals surface area contributed by atoms with Crippen molar-refractivity contribution < 1.29 is 4.79 Å². The topological polar surface area (TPSA) is 91.3 Å². The van der Waals surface area contributed by atoms with Gasteiger partial charge in [0.2, 0.25) is 0 Å². The smallest absolute Gasteiger partial charge is 0.252 e. The molecule has 0 spiro atoms. The van der Waals surface area contributed by atoms with E-state index >= 15 is 0 Å². The molecule has 134 valence electrons. The van der Waals surface area contributed by atoms with Crippen molar-refractivity contribution in [3.8, 4) is 0 Å². The van der Waals surface area contributed by atoms with Crippen molar-refractivity contribution in [3.63, 3.8) is 0 Å². The van der Waals surface area contributed by atoms with Crippen LogP contribution in [0.1, 0.15) is 34.1 Å². The summed E-state index contributed by atoms with van der Waals surface area (Å²) in [7, 11) is 0. The number of hydrogen-bond donors (Lipinski definition) is 3. The Bertz CT molecular complexity index is 685. The number of nitrogens with zero attached hydrogens (tertiary/aromatic N) is 3. The normalized spacial score (nSPS) is 11.2. The van der Waals surface area contributed by atoms with Crippen LogP contribution in [0.5, 0.6) is 0 Å². The summed E-state index contributed by atoms with van der Waals surface area (Å²) >= 11 is 1.69. The molecule has 0 aliphatic carbocycles. The molecule has 0 radical (unpaired) electrons. The Hall–Kier alpha value is -2.48. The molecule has 1 amide bonds. The lowest BCUT2D eigenvalue weighted by Gasteiger charge is -2.11. The molecule has 0 bridgehead atoms. The highest BCUT2D eigenvalue weighted by Crippen LogP contribution is 2.13. The number of aliphatic imine (C=N–C) groups is 1. The third-order valence-electron chi connectivity index (χ3n) is 3.29. The van der Waals surface area contributed by atoms with E-state index in [1.165, 1.54) is 4.88 Å². The Morgan fingerprint density at radius 2 is 2.04 bits per heavy atom. The third-order valence-corrected chi connectivity index (χ3v) is 4.42. The molecule has 8 heteroatoms. The molecular formula is C17H24N6OS. The van der Waals surface area contributed by atoms with Crippen molar-refractivity contribution in [1.29, 1.82) is 0 Å². The molecule has 2 heterocycles. The van der Waals surface area contributed by atoms with E-state index < -0.39 is 0 Å². The van der Waals surface area contributed by atoms with Crippen LogP contribution in [0.25, 0.3) is 0 Å². The summed E-state index contributed by atoms with van der Waals surface area (Å²) in [4.78, 5) is 26.0. The van der Waals surface area contributed by atoms with Crippen molar-refractivity contribution in [2.45, 2.75) is 26.8 Å². The number of hydrogen-bond acceptors (Lipinski definition) is 5. The van der Waals surface area contributed by atoms with Crippen LogP contribution in [0.4, 0.5) is 0 Å². The van der Waals surface area contributed by atoms with Gasteiger partial charge in [-0.1, -0.05) is 6.92 Å². The molecule has 0 fully saturated rings. The van der Waals surface area contributed by atoms with Crippen molar-refractivity contribution in [3.05, 3.63) is 46.2 Å². The molecule has 0 aliphatic rings. The van der Waals surface area contributed by atoms with Gasteiger partial charge < -0.3 is 16.0 Å². The lowest BCUT2D eigenvalue weighted by atomic mass is 10.3. The molecule has 0 atom stereocenters. The van der Waals surface area contributed by atoms with Crippen LogP contribution in [0.15, 0.2) is 35.7 Å². The number of guanidine groups is 1. The van der Waals surface area contributed by atoms with Gasteiger partial charge in [-0.05, 0) is 25.5 Å². The first kappa shape index (κ1) is 18.9. The number of rotatable bonds is 8. The summed E-state index contributed by atoms with van der Waals surface area (Å²) in [5, 5.41) is 10.2. The maximum absolute atomic E-state index is 11.9. The van der Waals surface area contributed by atoms with E-state index in [1.54, 1.807) is 35.9 Å². The maximum Gasteiger partial charge on any atom is 0.252 e. The van der Waals surface area contributed by atoms with Gasteiger partial charge in [-0.25, -0.2) is 9.98 Å². The van der Waals surface area contributed by atoms with Gasteiger partial charge in [0.05, 0.1) is 12.1 Å². The van der Waals surface area contributed by atoms with Gasteiger partial charge >= 0.3 is 0 Å². The fourth-order valence-corrected chi connectivity index (χ4v) is 2.82. The minimum Gasteiger partial charge on any atom is -0.357 e. The summed E-state index contributed by atoms with van der Waals surface area (Å²) in [6.07, 6.45) is 6.09. The number of carbonyl (C=O) groups is 1. The fraction of sp³-hybridized carbons (Fsp3) is 0.412. The Balaban J connectivity index is 1.76. The van der Waals surface area contributed by atoms with Gasteiger partial charge in [-0.3, -0.25) is 9.78 Å². The first-order valence-electron chi connectivity index (χ1n) is 8.37. The predicted molar refractivity (Wildman–Crippen MR) is 101 cm³/mol. The zero-order valence-corrected chi connectivity index (χ0v) is 15.4. The number of aromatic nitrogens is 2. The van der Waals surface area contributed by atoms with Gasteiger partial charge in [0, 0.05) is 43.1 Å². The van der Waals surface area contributed by atoms with E-state index in [9.17, 15) is 4.79 Å². The number of nitrogens with one attached hydrogen (secondary N) is 3. The van der Waals surface area contributed by atoms with Gasteiger partial charge in [-0.15, -0.1) is 11.3 Å². The van der Waals surface area contributed by atoms with E-state index in [0.717, 1.165) is 18.0 Å². The number of amides is 1. The van der Waals surface area contributed by atoms with Gasteiger partial charge in [-0.2, -0.15) is 0 Å². The van der Waals surface area contributed by atoms with Crippen molar-refractivity contribution in [1.82, 2.24) is 25.9 Å². The summed E-state index contributed by atoms with van der Waals surface area (Å²) in [6, 6.07) is 3.48. The highest BCUT2D eigenvalue weighted by atomic mass is 32.1. The monoisotopic (exact) mass is 360 g/mol. The Labute approximate surface area is 152 Å². The third kappa shape index (κ3) is 6.50. The van der Waals surface area contributed by atoms with E-state index in [-0.39, 0.29) is 5.91 Å². The fourth-order valence-electron chi connectivity index (χ4n) is 2.03. The average molecular weight is 360 g/mol. The van der Waals surface area contributed by atoms with Gasteiger partial charge in [0.15, 0.2) is 5.96 Å². The largest absolute Gasteiger partial charge is 0.357 e. The number of carbonyl (C=O) groups excluding carboxylic acids is 1. The van der Waals surface area contributed by atoms with Crippen LogP contribution in [-0.4, -0.2) is 41.5 Å². The maximum atomic E-state index is 11.9. The first-order chi connectivity index (χ1) is 12.2. The predicted octanol–water partition coefficient (Wildman–Crippen LogP) is 1.59. The summed E-state index contributed by atoms with van der Waals surface area (Å²) in [6.45, 7) is 6.52. The number of aryl methyl sites for hydroxylation is 1. The van der Waals surface area contributed by atoms with Crippen molar-refractivity contribution in [2.75, 3.05) is 19.6 Å². The number of thiazole rings is 1. The second-order valence-electron chi connectivity index (χ2n) is 5.19. The molecular weight excluding hydrogens is 336 g/mol. The average Bonchev–Trinajstić information content (AvgIpc) is 3.11. The zero-order valence-electron chi connectivity index (χ0n) is 14.6. The SMILES string of the molecule is CCNC(=NCc1ncc(CC)s1)NCCNC(=O)c1cccnc1. The molecule has 3 N–H and O–H groups in total. The quantitative estimate of drug-likeness (QED) is 0.378. The summed E-state index contributed by atoms with van der Waals surface area (Å²) in [5.74, 6) is 0.582. The van der Waals surface area contributed by atoms with Crippen LogP contribution >= 0.6 is 11.3 Å². The zero-order chi connectivity index (χ0) is 17.9. The number of pyridine rings is 1. The van der Waals surface area contributed by atoms with E-state index in [1.807, 2.05) is 13.1 Å². The molecule has 0 aliphatic heterocycles.